The molecule has 0 saturated carbocycles. The normalized spacial score (nSPS) is 32.2. The molecule has 0 radical (unpaired) electrons. The molecule has 0 aliphatic carbocycles. The van der Waals surface area contributed by atoms with E-state index in [-0.39, 0.29) is 17.7 Å². The number of rotatable bonds is 7. The molecule has 0 aromatic rings. The van der Waals surface area contributed by atoms with Crippen LogP contribution in [0, 0.1) is 5.92 Å². The van der Waals surface area contributed by atoms with Gasteiger partial charge in [0.15, 0.2) is 0 Å². The van der Waals surface area contributed by atoms with Crippen molar-refractivity contribution in [1.29, 1.82) is 0 Å². The third-order valence-corrected chi connectivity index (χ3v) is 4.00. The summed E-state index contributed by atoms with van der Waals surface area (Å²) in [6.45, 7) is 12.3. The van der Waals surface area contributed by atoms with Crippen molar-refractivity contribution < 1.29 is 9.47 Å². The van der Waals surface area contributed by atoms with Crippen LogP contribution in [0.4, 0.5) is 0 Å². The first kappa shape index (κ1) is 16.9. The lowest BCUT2D eigenvalue weighted by Gasteiger charge is -2.50. The van der Waals surface area contributed by atoms with Crippen LogP contribution in [-0.4, -0.2) is 56.0 Å². The van der Waals surface area contributed by atoms with Crippen LogP contribution >= 0.6 is 0 Å². The maximum Gasteiger partial charge on any atom is 0.0589 e. The summed E-state index contributed by atoms with van der Waals surface area (Å²) in [5.41, 5.74) is 6.24. The van der Waals surface area contributed by atoms with E-state index in [4.69, 9.17) is 15.2 Å². The number of hydrogen-bond donors (Lipinski definition) is 1. The lowest BCUT2D eigenvalue weighted by atomic mass is 9.82. The van der Waals surface area contributed by atoms with Crippen LogP contribution in [-0.2, 0) is 9.47 Å². The summed E-state index contributed by atoms with van der Waals surface area (Å²) >= 11 is 0. The lowest BCUT2D eigenvalue weighted by molar-refractivity contribution is -0.108. The average molecular weight is 272 g/mol. The van der Waals surface area contributed by atoms with Gasteiger partial charge in [-0.05, 0) is 32.6 Å². The summed E-state index contributed by atoms with van der Waals surface area (Å²) in [6, 6.07) is 0. The lowest BCUT2D eigenvalue weighted by Crippen LogP contribution is -2.61. The van der Waals surface area contributed by atoms with E-state index in [0.29, 0.717) is 12.5 Å². The third kappa shape index (κ3) is 4.71. The van der Waals surface area contributed by atoms with E-state index in [2.05, 4.69) is 32.6 Å². The molecule has 114 valence electrons. The molecule has 0 aromatic heterocycles. The predicted molar refractivity (Wildman–Crippen MR) is 79.3 cm³/mol. The van der Waals surface area contributed by atoms with Gasteiger partial charge in [0.2, 0.25) is 0 Å². The highest BCUT2D eigenvalue weighted by Gasteiger charge is 2.42. The van der Waals surface area contributed by atoms with E-state index >= 15 is 0 Å². The minimum atomic E-state index is 0.0693. The minimum absolute atomic E-state index is 0.0693. The Hall–Kier alpha value is -0.160. The SMILES string of the molecule is COCCN(CC(C)C)C1(CN)CC(C)OC(C)C1. The van der Waals surface area contributed by atoms with Crippen LogP contribution in [0.25, 0.3) is 0 Å². The van der Waals surface area contributed by atoms with Gasteiger partial charge in [-0.3, -0.25) is 4.90 Å². The molecule has 2 unspecified atom stereocenters. The van der Waals surface area contributed by atoms with Crippen molar-refractivity contribution in [2.75, 3.05) is 33.4 Å². The van der Waals surface area contributed by atoms with Crippen molar-refractivity contribution in [3.63, 3.8) is 0 Å². The van der Waals surface area contributed by atoms with Crippen molar-refractivity contribution in [2.24, 2.45) is 11.7 Å². The summed E-state index contributed by atoms with van der Waals surface area (Å²) in [4.78, 5) is 2.54. The van der Waals surface area contributed by atoms with E-state index in [1.165, 1.54) is 0 Å². The maximum absolute atomic E-state index is 6.17. The first-order chi connectivity index (χ1) is 8.93. The Bertz CT molecular complexity index is 249. The molecule has 1 aliphatic rings. The van der Waals surface area contributed by atoms with Crippen molar-refractivity contribution in [1.82, 2.24) is 4.90 Å². The van der Waals surface area contributed by atoms with Crippen LogP contribution in [0.2, 0.25) is 0 Å². The Morgan fingerprint density at radius 3 is 2.32 bits per heavy atom. The van der Waals surface area contributed by atoms with Gasteiger partial charge in [-0.1, -0.05) is 13.8 Å². The van der Waals surface area contributed by atoms with Gasteiger partial charge in [-0.2, -0.15) is 0 Å². The second kappa shape index (κ2) is 7.58. The molecule has 1 heterocycles. The first-order valence-electron chi connectivity index (χ1n) is 7.53. The van der Waals surface area contributed by atoms with Crippen LogP contribution < -0.4 is 5.73 Å². The third-order valence-electron chi connectivity index (χ3n) is 4.00. The molecular weight excluding hydrogens is 240 g/mol. The molecule has 1 aliphatic heterocycles. The Balaban J connectivity index is 2.85. The van der Waals surface area contributed by atoms with Crippen LogP contribution in [0.15, 0.2) is 0 Å². The molecule has 2 N–H and O–H groups in total. The molecular formula is C15H32N2O2. The van der Waals surface area contributed by atoms with Gasteiger partial charge in [-0.15, -0.1) is 0 Å². The summed E-state index contributed by atoms with van der Waals surface area (Å²) in [7, 11) is 1.76. The fourth-order valence-corrected chi connectivity index (χ4v) is 3.36. The second-order valence-electron chi connectivity index (χ2n) is 6.43. The van der Waals surface area contributed by atoms with Crippen LogP contribution in [0.5, 0.6) is 0 Å². The van der Waals surface area contributed by atoms with E-state index in [9.17, 15) is 0 Å². The highest BCUT2D eigenvalue weighted by atomic mass is 16.5. The zero-order chi connectivity index (χ0) is 14.5. The summed E-state index contributed by atoms with van der Waals surface area (Å²) in [6.07, 6.45) is 2.60. The number of hydrogen-bond acceptors (Lipinski definition) is 4. The van der Waals surface area contributed by atoms with E-state index < -0.39 is 0 Å². The molecule has 0 aromatic carbocycles. The van der Waals surface area contributed by atoms with Crippen molar-refractivity contribution in [3.05, 3.63) is 0 Å². The molecule has 0 bridgehead atoms. The molecule has 4 nitrogen and oxygen atoms in total. The fourth-order valence-electron chi connectivity index (χ4n) is 3.36. The minimum Gasteiger partial charge on any atom is -0.383 e. The molecule has 2 atom stereocenters. The quantitative estimate of drug-likeness (QED) is 0.768. The van der Waals surface area contributed by atoms with Crippen LogP contribution in [0.1, 0.15) is 40.5 Å². The topological polar surface area (TPSA) is 47.7 Å². The zero-order valence-corrected chi connectivity index (χ0v) is 13.3. The predicted octanol–water partition coefficient (Wildman–Crippen LogP) is 1.88. The van der Waals surface area contributed by atoms with E-state index in [0.717, 1.165) is 32.5 Å². The van der Waals surface area contributed by atoms with E-state index in [1.54, 1.807) is 7.11 Å². The Morgan fingerprint density at radius 1 is 1.32 bits per heavy atom. The highest BCUT2D eigenvalue weighted by molar-refractivity contribution is 4.98. The number of nitrogens with two attached hydrogens (primary N) is 1. The van der Waals surface area contributed by atoms with Gasteiger partial charge in [0, 0.05) is 32.3 Å². The summed E-state index contributed by atoms with van der Waals surface area (Å²) in [5, 5.41) is 0. The van der Waals surface area contributed by atoms with Gasteiger partial charge in [0.25, 0.3) is 0 Å². The highest BCUT2D eigenvalue weighted by Crippen LogP contribution is 2.33. The summed E-state index contributed by atoms with van der Waals surface area (Å²) < 4.78 is 11.2. The number of methoxy groups -OCH3 is 1. The standard InChI is InChI=1S/C15H32N2O2/c1-12(2)10-17(6-7-18-5)15(11-16)8-13(3)19-14(4)9-15/h12-14H,6-11,16H2,1-5H3. The maximum atomic E-state index is 6.17. The van der Waals surface area contributed by atoms with Crippen molar-refractivity contribution >= 4 is 0 Å². The van der Waals surface area contributed by atoms with Crippen molar-refractivity contribution in [3.8, 4) is 0 Å². The van der Waals surface area contributed by atoms with Gasteiger partial charge < -0.3 is 15.2 Å². The Kier molecular flexibility index (Phi) is 6.74. The first-order valence-corrected chi connectivity index (χ1v) is 7.53. The fraction of sp³-hybridized carbons (Fsp3) is 1.00. The molecule has 19 heavy (non-hydrogen) atoms. The van der Waals surface area contributed by atoms with Gasteiger partial charge >= 0.3 is 0 Å². The Morgan fingerprint density at radius 2 is 1.89 bits per heavy atom. The smallest absolute Gasteiger partial charge is 0.0589 e. The van der Waals surface area contributed by atoms with Gasteiger partial charge in [0.1, 0.15) is 0 Å². The van der Waals surface area contributed by atoms with Crippen LogP contribution in [0.3, 0.4) is 0 Å². The van der Waals surface area contributed by atoms with Crippen molar-refractivity contribution in [2.45, 2.75) is 58.3 Å². The molecule has 4 heteroatoms. The Labute approximate surface area is 118 Å². The largest absolute Gasteiger partial charge is 0.383 e. The average Bonchev–Trinajstić information content (AvgIpc) is 2.32. The molecule has 1 rings (SSSR count). The molecule has 1 saturated heterocycles. The van der Waals surface area contributed by atoms with Gasteiger partial charge in [0.05, 0.1) is 18.8 Å². The molecule has 0 spiro atoms. The second-order valence-corrected chi connectivity index (χ2v) is 6.43. The molecule has 1 fully saturated rings. The van der Waals surface area contributed by atoms with E-state index in [1.807, 2.05) is 0 Å². The zero-order valence-electron chi connectivity index (χ0n) is 13.3. The van der Waals surface area contributed by atoms with Gasteiger partial charge in [-0.25, -0.2) is 0 Å². The monoisotopic (exact) mass is 272 g/mol. The summed E-state index contributed by atoms with van der Waals surface area (Å²) in [5.74, 6) is 0.633. The molecule has 0 amide bonds. The number of ether oxygens (including phenoxy) is 2. The number of nitrogens with zero attached hydrogens (tertiary/aromatic N) is 1.